The van der Waals surface area contributed by atoms with Gasteiger partial charge in [0.2, 0.25) is 0 Å². The fraction of sp³-hybridized carbons (Fsp3) is 0.0870. The number of ether oxygens (including phenoxy) is 1. The average molecular weight is 1500 g/mol. The third-order valence-corrected chi connectivity index (χ3v) is 21.0. The number of rotatable bonds is 14. The van der Waals surface area contributed by atoms with Gasteiger partial charge in [-0.3, -0.25) is 4.57 Å². The first-order valence-corrected chi connectivity index (χ1v) is 33.1. The molecule has 7 heteroatoms. The van der Waals surface area contributed by atoms with Crippen molar-refractivity contribution in [3.8, 4) is 84.3 Å². The Labute approximate surface area is 640 Å². The molecule has 0 atom stereocenters. The zero-order valence-corrected chi connectivity index (χ0v) is 57.0. The van der Waals surface area contributed by atoms with Gasteiger partial charge in [-0.1, -0.05) is 295 Å². The van der Waals surface area contributed by atoms with E-state index in [-0.39, 0.29) is 77.1 Å². The van der Waals surface area contributed by atoms with Crippen molar-refractivity contribution in [3.63, 3.8) is 0 Å². The van der Waals surface area contributed by atoms with Crippen LogP contribution in [-0.2, 0) is 31.9 Å². The molecule has 5 nitrogen and oxygen atoms in total. The molecule has 3 heterocycles. The summed E-state index contributed by atoms with van der Waals surface area (Å²) < 4.78 is 316. The summed E-state index contributed by atoms with van der Waals surface area (Å²) >= 11 is 0. The van der Waals surface area contributed by atoms with Crippen molar-refractivity contribution >= 4 is 61.7 Å². The minimum Gasteiger partial charge on any atom is -0.510 e. The number of benzene rings is 13. The predicted molar refractivity (Wildman–Crippen MR) is 408 cm³/mol. The fourth-order valence-electron chi connectivity index (χ4n) is 12.2. The van der Waals surface area contributed by atoms with Crippen LogP contribution in [0.5, 0.6) is 11.5 Å². The summed E-state index contributed by atoms with van der Waals surface area (Å²) in [5, 5.41) is -2.60. The zero-order valence-electron chi connectivity index (χ0n) is 85.7. The molecule has 16 rings (SSSR count). The van der Waals surface area contributed by atoms with Gasteiger partial charge in [-0.05, 0) is 152 Å². The maximum absolute atomic E-state index is 10.9. The van der Waals surface area contributed by atoms with E-state index in [2.05, 4.69) is 39.2 Å². The second-order valence-corrected chi connectivity index (χ2v) is 28.6. The van der Waals surface area contributed by atoms with Gasteiger partial charge in [0.25, 0.3) is 6.33 Å². The quantitative estimate of drug-likeness (QED) is 0.0471. The summed E-state index contributed by atoms with van der Waals surface area (Å²) in [6.07, 6.45) is 5.20. The van der Waals surface area contributed by atoms with E-state index in [9.17, 15) is 31.5 Å². The van der Waals surface area contributed by atoms with E-state index in [1.54, 1.807) is 54.7 Å². The molecule has 482 valence electrons. The molecule has 0 amide bonds. The monoisotopic (exact) mass is 1500 g/mol. The van der Waals surface area contributed by atoms with Crippen LogP contribution < -0.4 is 30.1 Å². The number of imidazole rings is 1. The minimum atomic E-state index is -6.42. The van der Waals surface area contributed by atoms with Crippen molar-refractivity contribution < 1.29 is 74.2 Å². The molecule has 0 radical (unpaired) electrons. The number of para-hydroxylation sites is 2. The third-order valence-electron chi connectivity index (χ3n) is 17.0. The molecular formula is C92H72N4OPtSi-2. The van der Waals surface area contributed by atoms with Crippen molar-refractivity contribution in [1.82, 2.24) is 14.1 Å². The van der Waals surface area contributed by atoms with Crippen LogP contribution in [-0.4, -0.2) is 22.2 Å². The summed E-state index contributed by atoms with van der Waals surface area (Å²) in [6, 6.07) is 9.44. The number of fused-ring (bicyclic) bond motifs is 4. The van der Waals surface area contributed by atoms with Gasteiger partial charge in [-0.15, -0.1) is 29.7 Å². The maximum atomic E-state index is 10.9. The van der Waals surface area contributed by atoms with Gasteiger partial charge in [0.1, 0.15) is 5.82 Å². The Hall–Kier alpha value is -11.0. The van der Waals surface area contributed by atoms with E-state index in [4.69, 9.17) is 22.1 Å². The number of hydrogen-bond donors (Lipinski definition) is 0. The van der Waals surface area contributed by atoms with Gasteiger partial charge in [0.05, 0.1) is 60.6 Å². The smallest absolute Gasteiger partial charge is 0.268 e. The molecule has 0 spiro atoms. The van der Waals surface area contributed by atoms with Crippen LogP contribution in [0.25, 0.3) is 106 Å². The maximum Gasteiger partial charge on any atom is 0.268 e. The van der Waals surface area contributed by atoms with Gasteiger partial charge in [-0.25, -0.2) is 4.98 Å². The van der Waals surface area contributed by atoms with Crippen molar-refractivity contribution in [2.75, 3.05) is 0 Å². The first kappa shape index (κ1) is 37.1. The zero-order chi connectivity index (χ0) is 94.4. The SMILES string of the molecule is [2H]c1c([2H])c([2H])c(-c2c([2H])c(-c3cccc(-c4cccc(C(C)(C)C)c4)c3-[n+]3[c-]n(-c4[c-]c(Oc5[c-]c6c(cc5)c5ccccc5n6-c5cc(C(C)(C)C)ccn5)ccc4)c4cc(-c5c([2H])c([2H])c([2H])c([Si](c6c([2H])c([2H])c([2H])c([2H])c6[2H])(c6c([2H])c([2H])c([2H])c([2H])c6[2H])c6c([2H])c([2H])c([2H])c([2H])c6[2H])c5[2H])ccc43)c([2H])c(-c3c([2H])c([2H])c([2H])c([2H])c3[2H])c2[2H])c([2H])c1[2H].[Pt]. The van der Waals surface area contributed by atoms with Gasteiger partial charge in [-0.2, -0.15) is 18.2 Å². The summed E-state index contributed by atoms with van der Waals surface area (Å²) in [6.45, 7) is 12.2. The summed E-state index contributed by atoms with van der Waals surface area (Å²) in [5.41, 5.74) is -1.53. The Bertz CT molecular complexity index is 7260. The molecule has 16 aromatic rings. The molecule has 0 bridgehead atoms. The van der Waals surface area contributed by atoms with Crippen LogP contribution >= 0.6 is 0 Å². The number of aromatic nitrogens is 4. The van der Waals surface area contributed by atoms with Crippen LogP contribution in [0.1, 0.15) is 96.5 Å². The average Bonchev–Trinajstić information content (AvgIpc) is 1.02. The standard InChI is InChI=1S/C92H72N4OSi.Pt/c1-91(2,3)72-34-24-33-68(57-72)81-45-27-46-82(71-55-69(64-28-12-7-13-29-64)54-70(56-71)65-30-14-8-15-31-65)90(81)95-63-94(74-35-26-36-75(61-74)97-76-49-50-84-83-44-22-23-47-85(83)96(87(84)62-76)89-60-73(52-53-93-89)92(4,5)6)88-59-67(48-51-86(88)95)66-32-25-43-80(58-66)98(77-37-16-9-17-38-77,78-39-18-10-19-40-78)79-41-20-11-21-42-79;/h7-60H,1-6H3;/q-2;/i7D,8D,9D,10D,11D,12D,13D,14D,15D,16D,17D,18D,19D,20D,21D,25D,28D,29D,30D,31D,32D,37D,38D,39D,40D,41D,42D,43D,54D,55D,56D,58D;. The third kappa shape index (κ3) is 12.1. The second-order valence-electron chi connectivity index (χ2n) is 25.1. The van der Waals surface area contributed by atoms with E-state index in [0.29, 0.717) is 16.9 Å². The van der Waals surface area contributed by atoms with Crippen LogP contribution in [0, 0.1) is 18.5 Å². The fourth-order valence-corrected chi connectivity index (χ4v) is 15.8. The molecule has 0 aliphatic carbocycles. The van der Waals surface area contributed by atoms with Gasteiger partial charge >= 0.3 is 0 Å². The molecule has 13 aromatic carbocycles. The Morgan fingerprint density at radius 3 is 1.63 bits per heavy atom. The molecule has 0 N–H and O–H groups in total. The Balaban J connectivity index is 0.0000131. The molecule has 3 aromatic heterocycles. The van der Waals surface area contributed by atoms with Gasteiger partial charge < -0.3 is 13.9 Å². The van der Waals surface area contributed by atoms with E-state index >= 15 is 0 Å². The molecule has 0 saturated heterocycles. The predicted octanol–water partition coefficient (Wildman–Crippen LogP) is 19.9. The van der Waals surface area contributed by atoms with Crippen LogP contribution in [0.3, 0.4) is 0 Å². The van der Waals surface area contributed by atoms with Gasteiger partial charge in [0, 0.05) is 44.3 Å². The van der Waals surface area contributed by atoms with E-state index in [1.807, 2.05) is 79.9 Å². The summed E-state index contributed by atoms with van der Waals surface area (Å²) in [5.74, 6) is 0.792. The molecular weight excluding hydrogens is 1400 g/mol. The number of pyridine rings is 1. The summed E-state index contributed by atoms with van der Waals surface area (Å²) in [7, 11) is -6.42. The number of hydrogen-bond acceptors (Lipinski definition) is 2. The molecule has 0 fully saturated rings. The van der Waals surface area contributed by atoms with Gasteiger partial charge in [0.15, 0.2) is 8.07 Å². The van der Waals surface area contributed by atoms with Crippen LogP contribution in [0.4, 0.5) is 0 Å². The Morgan fingerprint density at radius 1 is 0.424 bits per heavy atom. The molecule has 0 saturated carbocycles. The first-order chi connectivity index (χ1) is 61.1. The van der Waals surface area contributed by atoms with E-state index < -0.39 is 261 Å². The van der Waals surface area contributed by atoms with Crippen molar-refractivity contribution in [1.29, 1.82) is 0 Å². The first-order valence-electron chi connectivity index (χ1n) is 47.1. The molecule has 0 aliphatic rings. The largest absolute Gasteiger partial charge is 0.510 e. The van der Waals surface area contributed by atoms with E-state index in [1.165, 1.54) is 33.4 Å². The second kappa shape index (κ2) is 26.4. The van der Waals surface area contributed by atoms with Crippen molar-refractivity contribution in [2.24, 2.45) is 0 Å². The normalized spacial score (nSPS) is 16.4. The van der Waals surface area contributed by atoms with E-state index in [0.717, 1.165) is 27.4 Å². The Kier molecular flexibility index (Phi) is 9.90. The van der Waals surface area contributed by atoms with Crippen LogP contribution in [0.15, 0.2) is 327 Å². The summed E-state index contributed by atoms with van der Waals surface area (Å²) in [4.78, 5) is 4.84. The molecule has 0 unspecified atom stereocenters. The molecule has 0 aliphatic heterocycles. The Morgan fingerprint density at radius 2 is 0.980 bits per heavy atom. The topological polar surface area (TPSA) is 35.9 Å². The molecule has 99 heavy (non-hydrogen) atoms. The van der Waals surface area contributed by atoms with Crippen molar-refractivity contribution in [3.05, 3.63) is 357 Å². The number of nitrogens with zero attached hydrogens (tertiary/aromatic N) is 4. The minimum absolute atomic E-state index is 0. The van der Waals surface area contributed by atoms with Crippen LogP contribution in [0.2, 0.25) is 0 Å². The van der Waals surface area contributed by atoms with Crippen molar-refractivity contribution in [2.45, 2.75) is 52.4 Å².